The van der Waals surface area contributed by atoms with Crippen molar-refractivity contribution in [1.29, 1.82) is 0 Å². The Bertz CT molecular complexity index is 485. The summed E-state index contributed by atoms with van der Waals surface area (Å²) in [6.45, 7) is 0. The Kier molecular flexibility index (Phi) is 5.11. The molecule has 0 spiro atoms. The Morgan fingerprint density at radius 3 is 2.39 bits per heavy atom. The number of carbonyl (C=O) groups excluding carboxylic acids is 1. The van der Waals surface area contributed by atoms with Crippen LogP contribution in [0.15, 0.2) is 40.5 Å². The molecule has 4 N–H and O–H groups in total. The smallest absolute Gasteiger partial charge is 0.330 e. The first-order chi connectivity index (χ1) is 8.61. The Labute approximate surface area is 105 Å². The van der Waals surface area contributed by atoms with Gasteiger partial charge in [-0.1, -0.05) is 24.3 Å². The molecule has 0 aliphatic heterocycles. The second-order valence-corrected chi connectivity index (χ2v) is 3.29. The molecular weight excluding hydrogens is 232 g/mol. The van der Waals surface area contributed by atoms with Gasteiger partial charge in [0, 0.05) is 6.08 Å². The molecule has 6 heteroatoms. The number of methoxy groups -OCH3 is 1. The van der Waals surface area contributed by atoms with E-state index >= 15 is 0 Å². The topological polar surface area (TPSA) is 103 Å². The first-order valence-electron chi connectivity index (χ1n) is 5.10. The highest BCUT2D eigenvalue weighted by Crippen LogP contribution is 2.04. The Morgan fingerprint density at radius 2 is 1.83 bits per heavy atom. The molecule has 94 valence electrons. The predicted octanol–water partition coefficient (Wildman–Crippen LogP) is 0.480. The third-order valence-electron chi connectivity index (χ3n) is 1.93. The molecule has 0 unspecified atom stereocenters. The number of ether oxygens (including phenoxy) is 1. The molecule has 0 amide bonds. The summed E-state index contributed by atoms with van der Waals surface area (Å²) >= 11 is 0. The average Bonchev–Trinajstić information content (AvgIpc) is 2.37. The lowest BCUT2D eigenvalue weighted by Crippen LogP contribution is -2.21. The normalized spacial score (nSPS) is 10.7. The quantitative estimate of drug-likeness (QED) is 0.265. The number of carbonyl (C=O) groups is 1. The van der Waals surface area contributed by atoms with Crippen LogP contribution in [0.4, 0.5) is 0 Å². The van der Waals surface area contributed by atoms with E-state index in [2.05, 4.69) is 14.9 Å². The number of esters is 1. The molecule has 1 rings (SSSR count). The Morgan fingerprint density at radius 1 is 1.22 bits per heavy atom. The number of nitrogens with two attached hydrogens (primary N) is 2. The maximum atomic E-state index is 10.9. The molecule has 0 aliphatic carbocycles. The van der Waals surface area contributed by atoms with Gasteiger partial charge in [-0.15, -0.1) is 5.10 Å². The van der Waals surface area contributed by atoms with E-state index in [0.29, 0.717) is 0 Å². The molecule has 0 fully saturated rings. The molecule has 0 heterocycles. The van der Waals surface area contributed by atoms with E-state index in [0.717, 1.165) is 11.1 Å². The zero-order valence-corrected chi connectivity index (χ0v) is 9.91. The van der Waals surface area contributed by atoms with Crippen LogP contribution < -0.4 is 11.5 Å². The summed E-state index contributed by atoms with van der Waals surface area (Å²) < 4.78 is 4.49. The van der Waals surface area contributed by atoms with Gasteiger partial charge < -0.3 is 16.2 Å². The lowest BCUT2D eigenvalue weighted by Gasteiger charge is -1.95. The van der Waals surface area contributed by atoms with Crippen molar-refractivity contribution in [2.24, 2.45) is 21.7 Å². The molecule has 1 aromatic carbocycles. The number of rotatable bonds is 4. The van der Waals surface area contributed by atoms with E-state index in [1.165, 1.54) is 19.4 Å². The van der Waals surface area contributed by atoms with Gasteiger partial charge in [-0.05, 0) is 17.2 Å². The van der Waals surface area contributed by atoms with Crippen LogP contribution in [0, 0.1) is 0 Å². The van der Waals surface area contributed by atoms with Crippen LogP contribution in [0.3, 0.4) is 0 Å². The molecular formula is C12H14N4O2. The predicted molar refractivity (Wildman–Crippen MR) is 70.9 cm³/mol. The number of benzene rings is 1. The second-order valence-electron chi connectivity index (χ2n) is 3.29. The van der Waals surface area contributed by atoms with E-state index in [1.54, 1.807) is 6.08 Å². The highest BCUT2D eigenvalue weighted by Gasteiger charge is 1.92. The van der Waals surface area contributed by atoms with Crippen LogP contribution in [0.25, 0.3) is 6.08 Å². The lowest BCUT2D eigenvalue weighted by atomic mass is 10.1. The maximum absolute atomic E-state index is 10.9. The molecule has 0 bridgehead atoms. The van der Waals surface area contributed by atoms with Gasteiger partial charge in [-0.3, -0.25) is 0 Å². The first-order valence-corrected chi connectivity index (χ1v) is 5.10. The van der Waals surface area contributed by atoms with Gasteiger partial charge in [0.25, 0.3) is 0 Å². The number of guanidine groups is 1. The zero-order valence-electron chi connectivity index (χ0n) is 9.91. The molecule has 0 aliphatic rings. The molecule has 0 atom stereocenters. The molecule has 6 nitrogen and oxygen atoms in total. The van der Waals surface area contributed by atoms with Crippen molar-refractivity contribution in [2.45, 2.75) is 0 Å². The van der Waals surface area contributed by atoms with Crippen LogP contribution in [-0.4, -0.2) is 25.3 Å². The van der Waals surface area contributed by atoms with Crippen molar-refractivity contribution in [3.05, 3.63) is 41.5 Å². The number of nitrogens with zero attached hydrogens (tertiary/aromatic N) is 2. The van der Waals surface area contributed by atoms with Crippen molar-refractivity contribution < 1.29 is 9.53 Å². The minimum absolute atomic E-state index is 0.0936. The SMILES string of the molecule is COC(=O)C=Cc1ccc(C=NN=C(N)N)cc1. The third-order valence-corrected chi connectivity index (χ3v) is 1.93. The summed E-state index contributed by atoms with van der Waals surface area (Å²) in [5.41, 5.74) is 12.0. The maximum Gasteiger partial charge on any atom is 0.330 e. The number of hydrogen-bond acceptors (Lipinski definition) is 4. The van der Waals surface area contributed by atoms with Gasteiger partial charge in [0.2, 0.25) is 5.96 Å². The highest BCUT2D eigenvalue weighted by molar-refractivity contribution is 5.87. The van der Waals surface area contributed by atoms with E-state index in [9.17, 15) is 4.79 Å². The summed E-state index contributed by atoms with van der Waals surface area (Å²) in [4.78, 5) is 10.9. The van der Waals surface area contributed by atoms with Gasteiger partial charge in [0.05, 0.1) is 13.3 Å². The molecule has 0 saturated heterocycles. The summed E-state index contributed by atoms with van der Waals surface area (Å²) in [5, 5.41) is 7.16. The minimum Gasteiger partial charge on any atom is -0.466 e. The monoisotopic (exact) mass is 246 g/mol. The van der Waals surface area contributed by atoms with Crippen LogP contribution in [-0.2, 0) is 9.53 Å². The van der Waals surface area contributed by atoms with E-state index < -0.39 is 5.97 Å². The van der Waals surface area contributed by atoms with Crippen molar-refractivity contribution >= 4 is 24.2 Å². The van der Waals surface area contributed by atoms with Crippen LogP contribution in [0.5, 0.6) is 0 Å². The van der Waals surface area contributed by atoms with Gasteiger partial charge in [-0.2, -0.15) is 5.10 Å². The summed E-state index contributed by atoms with van der Waals surface area (Å²) in [7, 11) is 1.33. The fourth-order valence-electron chi connectivity index (χ4n) is 1.09. The summed E-state index contributed by atoms with van der Waals surface area (Å²) in [5.74, 6) is -0.489. The van der Waals surface area contributed by atoms with Crippen LogP contribution >= 0.6 is 0 Å². The lowest BCUT2D eigenvalue weighted by molar-refractivity contribution is -0.134. The first kappa shape index (κ1) is 13.4. The van der Waals surface area contributed by atoms with Crippen LogP contribution in [0.2, 0.25) is 0 Å². The fourth-order valence-corrected chi connectivity index (χ4v) is 1.09. The van der Waals surface area contributed by atoms with Gasteiger partial charge in [-0.25, -0.2) is 4.79 Å². The largest absolute Gasteiger partial charge is 0.466 e. The molecule has 1 aromatic rings. The van der Waals surface area contributed by atoms with Crippen LogP contribution in [0.1, 0.15) is 11.1 Å². The number of hydrogen-bond donors (Lipinski definition) is 2. The van der Waals surface area contributed by atoms with E-state index in [4.69, 9.17) is 11.5 Å². The molecule has 18 heavy (non-hydrogen) atoms. The Balaban J connectivity index is 2.68. The Hall–Kier alpha value is -2.63. The van der Waals surface area contributed by atoms with E-state index in [1.807, 2.05) is 24.3 Å². The summed E-state index contributed by atoms with van der Waals surface area (Å²) in [6, 6.07) is 7.30. The second kappa shape index (κ2) is 6.85. The molecule has 0 aromatic heterocycles. The van der Waals surface area contributed by atoms with Crippen molar-refractivity contribution in [3.63, 3.8) is 0 Å². The van der Waals surface area contributed by atoms with Crippen molar-refractivity contribution in [3.8, 4) is 0 Å². The zero-order chi connectivity index (χ0) is 13.4. The van der Waals surface area contributed by atoms with Crippen molar-refractivity contribution in [2.75, 3.05) is 7.11 Å². The van der Waals surface area contributed by atoms with Gasteiger partial charge in [0.1, 0.15) is 0 Å². The minimum atomic E-state index is -0.395. The third kappa shape index (κ3) is 4.93. The standard InChI is InChI=1S/C12H14N4O2/c1-18-11(17)7-6-9-2-4-10(5-3-9)8-15-16-12(13)14/h2-8H,1H3,(H4,13,14,16). The van der Waals surface area contributed by atoms with Gasteiger partial charge in [0.15, 0.2) is 0 Å². The summed E-state index contributed by atoms with van der Waals surface area (Å²) in [6.07, 6.45) is 4.53. The molecule has 0 radical (unpaired) electrons. The van der Waals surface area contributed by atoms with E-state index in [-0.39, 0.29) is 5.96 Å². The molecule has 0 saturated carbocycles. The van der Waals surface area contributed by atoms with Crippen molar-refractivity contribution in [1.82, 2.24) is 0 Å². The van der Waals surface area contributed by atoms with Gasteiger partial charge >= 0.3 is 5.97 Å². The average molecular weight is 246 g/mol. The fraction of sp³-hybridized carbons (Fsp3) is 0.0833. The highest BCUT2D eigenvalue weighted by atomic mass is 16.5.